The van der Waals surface area contributed by atoms with Crippen LogP contribution in [-0.4, -0.2) is 24.6 Å². The lowest BCUT2D eigenvalue weighted by Gasteiger charge is -2.25. The van der Waals surface area contributed by atoms with Crippen molar-refractivity contribution in [3.05, 3.63) is 0 Å². The minimum atomic E-state index is 0.743. The van der Waals surface area contributed by atoms with Crippen molar-refractivity contribution in [3.63, 3.8) is 0 Å². The van der Waals surface area contributed by atoms with E-state index in [0.717, 1.165) is 18.5 Å². The van der Waals surface area contributed by atoms with Crippen LogP contribution in [0.2, 0.25) is 0 Å². The van der Waals surface area contributed by atoms with Crippen LogP contribution in [-0.2, 0) is 0 Å². The lowest BCUT2D eigenvalue weighted by atomic mass is 9.92. The number of thioether (sulfide) groups is 1. The second kappa shape index (κ2) is 8.89. The van der Waals surface area contributed by atoms with Crippen LogP contribution in [0.5, 0.6) is 0 Å². The molecule has 0 aliphatic heterocycles. The highest BCUT2D eigenvalue weighted by molar-refractivity contribution is 7.98. The molecule has 0 aliphatic carbocycles. The summed E-state index contributed by atoms with van der Waals surface area (Å²) < 4.78 is 0. The summed E-state index contributed by atoms with van der Waals surface area (Å²) in [6.07, 6.45) is 6.13. The minimum Gasteiger partial charge on any atom is -0.314 e. The molecule has 1 atom stereocenters. The first-order valence-electron chi connectivity index (χ1n) is 5.52. The monoisotopic (exact) mass is 203 g/mol. The average Bonchev–Trinajstić information content (AvgIpc) is 2.16. The van der Waals surface area contributed by atoms with Gasteiger partial charge in [0.05, 0.1) is 0 Å². The van der Waals surface area contributed by atoms with Gasteiger partial charge in [-0.3, -0.25) is 0 Å². The maximum absolute atomic E-state index is 3.61. The Hall–Kier alpha value is 0.310. The summed E-state index contributed by atoms with van der Waals surface area (Å²) in [6, 6.07) is 0.743. The molecule has 0 bridgehead atoms. The Balaban J connectivity index is 3.88. The van der Waals surface area contributed by atoms with Gasteiger partial charge in [-0.15, -0.1) is 0 Å². The molecule has 80 valence electrons. The molecule has 0 heterocycles. The second-order valence-electron chi connectivity index (χ2n) is 3.52. The quantitative estimate of drug-likeness (QED) is 0.650. The van der Waals surface area contributed by atoms with Crippen molar-refractivity contribution in [1.29, 1.82) is 0 Å². The first kappa shape index (κ1) is 13.3. The van der Waals surface area contributed by atoms with Crippen molar-refractivity contribution in [2.45, 2.75) is 46.1 Å². The zero-order valence-corrected chi connectivity index (χ0v) is 10.4. The highest BCUT2D eigenvalue weighted by Gasteiger charge is 2.16. The van der Waals surface area contributed by atoms with Gasteiger partial charge in [0.1, 0.15) is 0 Å². The predicted molar refractivity (Wildman–Crippen MR) is 64.5 cm³/mol. The first-order chi connectivity index (χ1) is 6.29. The van der Waals surface area contributed by atoms with E-state index in [4.69, 9.17) is 0 Å². The van der Waals surface area contributed by atoms with Crippen LogP contribution < -0.4 is 5.32 Å². The van der Waals surface area contributed by atoms with E-state index in [1.807, 2.05) is 11.8 Å². The van der Waals surface area contributed by atoms with Gasteiger partial charge in [-0.2, -0.15) is 11.8 Å². The Morgan fingerprint density at radius 2 is 1.77 bits per heavy atom. The lowest BCUT2D eigenvalue weighted by molar-refractivity contribution is 0.332. The van der Waals surface area contributed by atoms with Crippen molar-refractivity contribution in [2.24, 2.45) is 5.92 Å². The minimum absolute atomic E-state index is 0.743. The van der Waals surface area contributed by atoms with Crippen LogP contribution in [0.15, 0.2) is 0 Å². The van der Waals surface area contributed by atoms with E-state index in [-0.39, 0.29) is 0 Å². The molecule has 1 nitrogen and oxygen atoms in total. The molecule has 1 unspecified atom stereocenters. The first-order valence-corrected chi connectivity index (χ1v) is 6.91. The molecule has 1 N–H and O–H groups in total. The summed E-state index contributed by atoms with van der Waals surface area (Å²) in [5.74, 6) is 2.15. The van der Waals surface area contributed by atoms with Crippen LogP contribution in [0.3, 0.4) is 0 Å². The molecule has 0 aromatic rings. The van der Waals surface area contributed by atoms with Gasteiger partial charge in [0.15, 0.2) is 0 Å². The molecule has 13 heavy (non-hydrogen) atoms. The van der Waals surface area contributed by atoms with Crippen molar-refractivity contribution in [2.75, 3.05) is 18.6 Å². The average molecular weight is 203 g/mol. The molecule has 0 aliphatic rings. The van der Waals surface area contributed by atoms with Gasteiger partial charge < -0.3 is 5.32 Å². The van der Waals surface area contributed by atoms with Gasteiger partial charge in [-0.25, -0.2) is 0 Å². The van der Waals surface area contributed by atoms with E-state index in [2.05, 4.69) is 32.3 Å². The van der Waals surface area contributed by atoms with E-state index in [1.165, 1.54) is 25.0 Å². The Morgan fingerprint density at radius 1 is 1.15 bits per heavy atom. The summed E-state index contributed by atoms with van der Waals surface area (Å²) in [6.45, 7) is 7.92. The van der Waals surface area contributed by atoms with E-state index < -0.39 is 0 Å². The SMILES string of the molecule is CCNC(CCSC)C(CC)CC. The maximum Gasteiger partial charge on any atom is 0.0103 e. The fraction of sp³-hybridized carbons (Fsp3) is 1.00. The largest absolute Gasteiger partial charge is 0.314 e. The van der Waals surface area contributed by atoms with E-state index >= 15 is 0 Å². The van der Waals surface area contributed by atoms with Gasteiger partial charge in [-0.05, 0) is 30.9 Å². The molecule has 0 aromatic heterocycles. The van der Waals surface area contributed by atoms with Crippen molar-refractivity contribution in [1.82, 2.24) is 5.32 Å². The molecule has 0 amide bonds. The third-order valence-corrected chi connectivity index (χ3v) is 3.36. The predicted octanol–water partition coefficient (Wildman–Crippen LogP) is 3.15. The molecule has 0 radical (unpaired) electrons. The molecule has 0 aromatic carbocycles. The number of hydrogen-bond donors (Lipinski definition) is 1. The summed E-state index contributed by atoms with van der Waals surface area (Å²) in [5.41, 5.74) is 0. The van der Waals surface area contributed by atoms with Gasteiger partial charge in [0.2, 0.25) is 0 Å². The topological polar surface area (TPSA) is 12.0 Å². The van der Waals surface area contributed by atoms with Gasteiger partial charge in [-0.1, -0.05) is 33.6 Å². The summed E-state index contributed by atoms with van der Waals surface area (Å²) >= 11 is 1.95. The smallest absolute Gasteiger partial charge is 0.0103 e. The highest BCUT2D eigenvalue weighted by atomic mass is 32.2. The summed E-state index contributed by atoms with van der Waals surface area (Å²) in [7, 11) is 0. The third kappa shape index (κ3) is 5.58. The van der Waals surface area contributed by atoms with E-state index in [9.17, 15) is 0 Å². The number of nitrogens with one attached hydrogen (secondary N) is 1. The Kier molecular flexibility index (Phi) is 9.10. The Morgan fingerprint density at radius 3 is 2.15 bits per heavy atom. The van der Waals surface area contributed by atoms with Gasteiger partial charge in [0.25, 0.3) is 0 Å². The van der Waals surface area contributed by atoms with Crippen LogP contribution >= 0.6 is 11.8 Å². The standard InChI is InChI=1S/C11H25NS/c1-5-10(6-2)11(12-7-3)8-9-13-4/h10-12H,5-9H2,1-4H3. The Labute approximate surface area is 88.1 Å². The third-order valence-electron chi connectivity index (χ3n) is 2.72. The molecule has 2 heteroatoms. The van der Waals surface area contributed by atoms with Gasteiger partial charge in [0, 0.05) is 6.04 Å². The van der Waals surface area contributed by atoms with Gasteiger partial charge >= 0.3 is 0 Å². The van der Waals surface area contributed by atoms with Crippen LogP contribution in [0.4, 0.5) is 0 Å². The van der Waals surface area contributed by atoms with Crippen molar-refractivity contribution in [3.8, 4) is 0 Å². The molecular formula is C11H25NS. The zero-order chi connectivity index (χ0) is 10.1. The fourth-order valence-electron chi connectivity index (χ4n) is 1.87. The summed E-state index contributed by atoms with van der Waals surface area (Å²) in [4.78, 5) is 0. The molecular weight excluding hydrogens is 178 g/mol. The fourth-order valence-corrected chi connectivity index (χ4v) is 2.36. The molecule has 0 saturated carbocycles. The highest BCUT2D eigenvalue weighted by Crippen LogP contribution is 2.17. The van der Waals surface area contributed by atoms with Crippen LogP contribution in [0, 0.1) is 5.92 Å². The number of hydrogen-bond acceptors (Lipinski definition) is 2. The van der Waals surface area contributed by atoms with Crippen LogP contribution in [0.1, 0.15) is 40.0 Å². The summed E-state index contributed by atoms with van der Waals surface area (Å²) in [5, 5.41) is 3.61. The van der Waals surface area contributed by atoms with Crippen molar-refractivity contribution < 1.29 is 0 Å². The Bertz CT molecular complexity index is 102. The molecule has 0 rings (SSSR count). The van der Waals surface area contributed by atoms with Crippen molar-refractivity contribution >= 4 is 11.8 Å². The maximum atomic E-state index is 3.61. The second-order valence-corrected chi connectivity index (χ2v) is 4.51. The van der Waals surface area contributed by atoms with E-state index in [1.54, 1.807) is 0 Å². The number of rotatable bonds is 8. The molecule has 0 spiro atoms. The molecule has 0 saturated heterocycles. The normalized spacial score (nSPS) is 13.6. The van der Waals surface area contributed by atoms with E-state index in [0.29, 0.717) is 0 Å². The molecule has 0 fully saturated rings. The zero-order valence-electron chi connectivity index (χ0n) is 9.60. The van der Waals surface area contributed by atoms with Crippen LogP contribution in [0.25, 0.3) is 0 Å². The lowest BCUT2D eigenvalue weighted by Crippen LogP contribution is -2.36.